The quantitative estimate of drug-likeness (QED) is 0.778. The van der Waals surface area contributed by atoms with Gasteiger partial charge in [-0.05, 0) is 18.3 Å². The number of hydrogen-bond donors (Lipinski definition) is 3. The van der Waals surface area contributed by atoms with E-state index < -0.39 is 12.0 Å². The number of carbonyl (C=O) groups excluding carboxylic acids is 1. The van der Waals surface area contributed by atoms with E-state index in [0.29, 0.717) is 18.8 Å². The van der Waals surface area contributed by atoms with Gasteiger partial charge in [0.1, 0.15) is 6.04 Å². The van der Waals surface area contributed by atoms with Crippen molar-refractivity contribution in [2.45, 2.75) is 39.2 Å². The van der Waals surface area contributed by atoms with Gasteiger partial charge in [0.25, 0.3) is 0 Å². The van der Waals surface area contributed by atoms with Crippen LogP contribution in [0.4, 0.5) is 4.79 Å². The van der Waals surface area contributed by atoms with E-state index >= 15 is 0 Å². The van der Waals surface area contributed by atoms with E-state index in [2.05, 4.69) is 29.1 Å². The molecule has 3 N–H and O–H groups in total. The summed E-state index contributed by atoms with van der Waals surface area (Å²) >= 11 is 0. The maximum absolute atomic E-state index is 12.2. The fourth-order valence-electron chi connectivity index (χ4n) is 2.37. The number of carboxylic acid groups (broad SMARTS) is 1. The van der Waals surface area contributed by atoms with Gasteiger partial charge >= 0.3 is 12.0 Å². The number of hydrogen-bond acceptors (Lipinski definition) is 3. The third-order valence-corrected chi connectivity index (χ3v) is 3.98. The zero-order valence-electron chi connectivity index (χ0n) is 12.4. The topological polar surface area (TPSA) is 98.3 Å². The lowest BCUT2D eigenvalue weighted by Gasteiger charge is -2.37. The van der Waals surface area contributed by atoms with Crippen LogP contribution in [0.3, 0.4) is 0 Å². The molecule has 1 aromatic heterocycles. The number of aliphatic carboxylic acids is 1. The van der Waals surface area contributed by atoms with Crippen LogP contribution in [0.2, 0.25) is 0 Å². The smallest absolute Gasteiger partial charge is 0.326 e. The zero-order chi connectivity index (χ0) is 15.5. The molecule has 0 radical (unpaired) electrons. The number of urea groups is 1. The largest absolute Gasteiger partial charge is 0.480 e. The van der Waals surface area contributed by atoms with Crippen molar-refractivity contribution in [1.29, 1.82) is 0 Å². The molecule has 2 amide bonds. The van der Waals surface area contributed by atoms with Crippen LogP contribution in [0.5, 0.6) is 0 Å². The highest BCUT2D eigenvalue weighted by molar-refractivity contribution is 5.82. The van der Waals surface area contributed by atoms with Crippen LogP contribution in [-0.2, 0) is 11.2 Å². The third kappa shape index (κ3) is 4.21. The van der Waals surface area contributed by atoms with Crippen LogP contribution in [-0.4, -0.2) is 51.1 Å². The molecule has 0 aliphatic carbocycles. The second-order valence-electron chi connectivity index (χ2n) is 6.27. The Morgan fingerprint density at radius 3 is 2.67 bits per heavy atom. The van der Waals surface area contributed by atoms with Crippen molar-refractivity contribution in [3.05, 3.63) is 18.2 Å². The molecule has 7 nitrogen and oxygen atoms in total. The summed E-state index contributed by atoms with van der Waals surface area (Å²) in [6, 6.07) is -1.26. The molecule has 2 heterocycles. The number of likely N-dealkylation sites (tertiary alicyclic amines) is 1. The van der Waals surface area contributed by atoms with E-state index in [-0.39, 0.29) is 17.9 Å². The van der Waals surface area contributed by atoms with Crippen LogP contribution in [0.15, 0.2) is 12.5 Å². The van der Waals surface area contributed by atoms with Gasteiger partial charge in [-0.15, -0.1) is 0 Å². The first-order valence-corrected chi connectivity index (χ1v) is 7.13. The summed E-state index contributed by atoms with van der Waals surface area (Å²) in [5.74, 6) is -1.05. The number of amides is 2. The Kier molecular flexibility index (Phi) is 4.50. The Morgan fingerprint density at radius 1 is 1.48 bits per heavy atom. The monoisotopic (exact) mass is 294 g/mol. The Bertz CT molecular complexity index is 488. The van der Waals surface area contributed by atoms with Gasteiger partial charge in [-0.1, -0.05) is 13.8 Å². The SMILES string of the molecule is CC1(C)CCN(C(=O)NC(Cc2cnc[nH]2)C(=O)O)CC1. The van der Waals surface area contributed by atoms with Crippen LogP contribution in [0.1, 0.15) is 32.4 Å². The molecule has 0 aromatic carbocycles. The Morgan fingerprint density at radius 2 is 2.14 bits per heavy atom. The van der Waals surface area contributed by atoms with Crippen molar-refractivity contribution in [2.24, 2.45) is 5.41 Å². The number of carbonyl (C=O) groups is 2. The van der Waals surface area contributed by atoms with Crippen molar-refractivity contribution >= 4 is 12.0 Å². The molecule has 116 valence electrons. The first-order chi connectivity index (χ1) is 9.87. The Hall–Kier alpha value is -2.05. The van der Waals surface area contributed by atoms with Crippen LogP contribution in [0, 0.1) is 5.41 Å². The van der Waals surface area contributed by atoms with Crippen molar-refractivity contribution in [3.63, 3.8) is 0 Å². The van der Waals surface area contributed by atoms with Crippen molar-refractivity contribution < 1.29 is 14.7 Å². The van der Waals surface area contributed by atoms with Gasteiger partial charge in [-0.3, -0.25) is 0 Å². The number of nitrogens with zero attached hydrogens (tertiary/aromatic N) is 2. The number of piperidine rings is 1. The molecule has 1 aliphatic heterocycles. The lowest BCUT2D eigenvalue weighted by atomic mass is 9.83. The van der Waals surface area contributed by atoms with E-state index in [1.54, 1.807) is 11.1 Å². The molecule has 1 atom stereocenters. The standard InChI is InChI=1S/C14H22N4O3/c1-14(2)3-5-18(6-4-14)13(21)17-11(12(19)20)7-10-8-15-9-16-10/h8-9,11H,3-7H2,1-2H3,(H,15,16)(H,17,21)(H,19,20). The number of carboxylic acids is 1. The first kappa shape index (κ1) is 15.3. The van der Waals surface area contributed by atoms with Crippen LogP contribution >= 0.6 is 0 Å². The summed E-state index contributed by atoms with van der Waals surface area (Å²) in [6.07, 6.45) is 5.10. The molecule has 1 fully saturated rings. The highest BCUT2D eigenvalue weighted by Gasteiger charge is 2.30. The predicted molar refractivity (Wildman–Crippen MR) is 76.8 cm³/mol. The molecule has 0 bridgehead atoms. The molecule has 1 aliphatic rings. The number of imidazole rings is 1. The lowest BCUT2D eigenvalue weighted by molar-refractivity contribution is -0.139. The summed E-state index contributed by atoms with van der Waals surface area (Å²) in [7, 11) is 0. The average molecular weight is 294 g/mol. The molecule has 21 heavy (non-hydrogen) atoms. The van der Waals surface area contributed by atoms with Crippen molar-refractivity contribution in [3.8, 4) is 0 Å². The number of rotatable bonds is 4. The second kappa shape index (κ2) is 6.15. The Labute approximate surface area is 123 Å². The zero-order valence-corrected chi connectivity index (χ0v) is 12.4. The lowest BCUT2D eigenvalue weighted by Crippen LogP contribution is -2.51. The summed E-state index contributed by atoms with van der Waals surface area (Å²) < 4.78 is 0. The van der Waals surface area contributed by atoms with Gasteiger partial charge in [-0.2, -0.15) is 0 Å². The summed E-state index contributed by atoms with van der Waals surface area (Å²) in [4.78, 5) is 31.8. The minimum absolute atomic E-state index is 0.195. The highest BCUT2D eigenvalue weighted by Crippen LogP contribution is 2.29. The van der Waals surface area contributed by atoms with Gasteiger partial charge < -0.3 is 20.3 Å². The predicted octanol–water partition coefficient (Wildman–Crippen LogP) is 1.24. The molecule has 1 saturated heterocycles. The first-order valence-electron chi connectivity index (χ1n) is 7.13. The molecule has 0 spiro atoms. The molecular formula is C14H22N4O3. The molecular weight excluding hydrogens is 272 g/mol. The third-order valence-electron chi connectivity index (χ3n) is 3.98. The maximum atomic E-state index is 12.2. The Balaban J connectivity index is 1.91. The summed E-state index contributed by atoms with van der Waals surface area (Å²) in [6.45, 7) is 5.69. The highest BCUT2D eigenvalue weighted by atomic mass is 16.4. The van der Waals surface area contributed by atoms with Gasteiger partial charge in [0, 0.05) is 31.4 Å². The molecule has 1 aromatic rings. The number of nitrogens with one attached hydrogen (secondary N) is 2. The van der Waals surface area contributed by atoms with E-state index in [9.17, 15) is 14.7 Å². The molecule has 2 rings (SSSR count). The van der Waals surface area contributed by atoms with E-state index in [4.69, 9.17) is 0 Å². The molecule has 1 unspecified atom stereocenters. The number of H-pyrrole nitrogens is 1. The van der Waals surface area contributed by atoms with Crippen LogP contribution < -0.4 is 5.32 Å². The van der Waals surface area contributed by atoms with Gasteiger partial charge in [0.05, 0.1) is 6.33 Å². The van der Waals surface area contributed by atoms with Crippen molar-refractivity contribution in [1.82, 2.24) is 20.2 Å². The molecule has 0 saturated carbocycles. The maximum Gasteiger partial charge on any atom is 0.326 e. The van der Waals surface area contributed by atoms with E-state index in [1.807, 2.05) is 0 Å². The summed E-state index contributed by atoms with van der Waals surface area (Å²) in [5.41, 5.74) is 0.932. The van der Waals surface area contributed by atoms with Crippen molar-refractivity contribution in [2.75, 3.05) is 13.1 Å². The fraction of sp³-hybridized carbons (Fsp3) is 0.643. The normalized spacial score (nSPS) is 19.0. The van der Waals surface area contributed by atoms with E-state index in [1.165, 1.54) is 6.33 Å². The average Bonchev–Trinajstić information content (AvgIpc) is 2.90. The molecule has 7 heteroatoms. The van der Waals surface area contributed by atoms with Gasteiger partial charge in [-0.25, -0.2) is 14.6 Å². The summed E-state index contributed by atoms with van der Waals surface area (Å²) in [5, 5.41) is 11.8. The minimum atomic E-state index is -1.05. The number of aromatic amines is 1. The van der Waals surface area contributed by atoms with Gasteiger partial charge in [0.2, 0.25) is 0 Å². The number of aromatic nitrogens is 2. The van der Waals surface area contributed by atoms with Crippen LogP contribution in [0.25, 0.3) is 0 Å². The van der Waals surface area contributed by atoms with E-state index in [0.717, 1.165) is 12.8 Å². The fourth-order valence-corrected chi connectivity index (χ4v) is 2.37. The minimum Gasteiger partial charge on any atom is -0.480 e. The van der Waals surface area contributed by atoms with Gasteiger partial charge in [0.15, 0.2) is 0 Å². The second-order valence-corrected chi connectivity index (χ2v) is 6.27.